The van der Waals surface area contributed by atoms with Gasteiger partial charge >= 0.3 is 0 Å². The molecule has 19 heavy (non-hydrogen) atoms. The predicted octanol–water partition coefficient (Wildman–Crippen LogP) is 0.520. The van der Waals surface area contributed by atoms with E-state index in [1.165, 1.54) is 0 Å². The van der Waals surface area contributed by atoms with E-state index in [-0.39, 0.29) is 35.7 Å². The van der Waals surface area contributed by atoms with Crippen molar-refractivity contribution in [2.24, 2.45) is 17.6 Å². The Morgan fingerprint density at radius 1 is 1.53 bits per heavy atom. The standard InChI is InChI=1S/C13H23N3O2.ClH/c1-3-16-7-9(6-11(16)17)12(18)15-13(2,8-14)10-4-5-10;/h9-10H,3-8,14H2,1-2H3,(H,15,18);1H. The van der Waals surface area contributed by atoms with Crippen LogP contribution in [0.25, 0.3) is 0 Å². The molecular formula is C13H24ClN3O2. The minimum Gasteiger partial charge on any atom is -0.349 e. The number of hydrogen-bond donors (Lipinski definition) is 2. The van der Waals surface area contributed by atoms with E-state index in [1.54, 1.807) is 4.90 Å². The first-order chi connectivity index (χ1) is 8.50. The number of amides is 2. The number of halogens is 1. The molecular weight excluding hydrogens is 266 g/mol. The van der Waals surface area contributed by atoms with Gasteiger partial charge in [-0.1, -0.05) is 0 Å². The van der Waals surface area contributed by atoms with Crippen molar-refractivity contribution < 1.29 is 9.59 Å². The van der Waals surface area contributed by atoms with Crippen LogP contribution in [-0.4, -0.2) is 41.9 Å². The van der Waals surface area contributed by atoms with Gasteiger partial charge in [-0.3, -0.25) is 9.59 Å². The largest absolute Gasteiger partial charge is 0.349 e. The normalized spacial score (nSPS) is 25.7. The van der Waals surface area contributed by atoms with Gasteiger partial charge in [0, 0.05) is 26.1 Å². The Balaban J connectivity index is 0.00000180. The average Bonchev–Trinajstić information content (AvgIpc) is 3.13. The van der Waals surface area contributed by atoms with Crippen molar-refractivity contribution in [1.82, 2.24) is 10.2 Å². The highest BCUT2D eigenvalue weighted by Crippen LogP contribution is 2.39. The SMILES string of the molecule is CCN1CC(C(=O)NC(C)(CN)C2CC2)CC1=O.Cl. The van der Waals surface area contributed by atoms with Gasteiger partial charge in [0.25, 0.3) is 0 Å². The minimum absolute atomic E-state index is 0. The molecule has 2 amide bonds. The molecule has 1 saturated carbocycles. The van der Waals surface area contributed by atoms with E-state index in [0.29, 0.717) is 32.0 Å². The second kappa shape index (κ2) is 6.09. The topological polar surface area (TPSA) is 75.4 Å². The van der Waals surface area contributed by atoms with E-state index in [2.05, 4.69) is 5.32 Å². The maximum absolute atomic E-state index is 12.2. The summed E-state index contributed by atoms with van der Waals surface area (Å²) in [5.41, 5.74) is 5.49. The third-order valence-electron chi connectivity index (χ3n) is 4.28. The Hall–Kier alpha value is -0.810. The van der Waals surface area contributed by atoms with Crippen LogP contribution in [0.4, 0.5) is 0 Å². The molecule has 110 valence electrons. The summed E-state index contributed by atoms with van der Waals surface area (Å²) in [4.78, 5) is 25.6. The van der Waals surface area contributed by atoms with Gasteiger partial charge in [-0.05, 0) is 32.6 Å². The van der Waals surface area contributed by atoms with Crippen LogP contribution in [0.1, 0.15) is 33.1 Å². The Kier molecular flexibility index (Phi) is 5.21. The van der Waals surface area contributed by atoms with Crippen LogP contribution in [0.3, 0.4) is 0 Å². The van der Waals surface area contributed by atoms with Crippen LogP contribution in [0.5, 0.6) is 0 Å². The van der Waals surface area contributed by atoms with Gasteiger partial charge in [0.15, 0.2) is 0 Å². The van der Waals surface area contributed by atoms with E-state index in [1.807, 2.05) is 13.8 Å². The van der Waals surface area contributed by atoms with Crippen molar-refractivity contribution in [3.8, 4) is 0 Å². The molecule has 2 rings (SSSR count). The van der Waals surface area contributed by atoms with Gasteiger partial charge < -0.3 is 16.0 Å². The van der Waals surface area contributed by atoms with Crippen molar-refractivity contribution >= 4 is 24.2 Å². The van der Waals surface area contributed by atoms with Crippen LogP contribution in [-0.2, 0) is 9.59 Å². The molecule has 0 spiro atoms. The molecule has 2 aliphatic rings. The summed E-state index contributed by atoms with van der Waals surface area (Å²) < 4.78 is 0. The molecule has 0 radical (unpaired) electrons. The molecule has 6 heteroatoms. The molecule has 1 heterocycles. The van der Waals surface area contributed by atoms with Crippen molar-refractivity contribution in [1.29, 1.82) is 0 Å². The molecule has 0 aromatic heterocycles. The lowest BCUT2D eigenvalue weighted by Gasteiger charge is -2.30. The van der Waals surface area contributed by atoms with Gasteiger partial charge in [0.2, 0.25) is 11.8 Å². The summed E-state index contributed by atoms with van der Waals surface area (Å²) >= 11 is 0. The molecule has 0 aromatic rings. The second-order valence-electron chi connectivity index (χ2n) is 5.72. The number of nitrogens with zero attached hydrogens (tertiary/aromatic N) is 1. The summed E-state index contributed by atoms with van der Waals surface area (Å²) in [5.74, 6) is 0.366. The van der Waals surface area contributed by atoms with Crippen LogP contribution in [0, 0.1) is 11.8 Å². The number of carbonyl (C=O) groups excluding carboxylic acids is 2. The fourth-order valence-electron chi connectivity index (χ4n) is 2.68. The lowest BCUT2D eigenvalue weighted by atomic mass is 9.94. The van der Waals surface area contributed by atoms with Crippen molar-refractivity contribution in [2.75, 3.05) is 19.6 Å². The smallest absolute Gasteiger partial charge is 0.225 e. The maximum Gasteiger partial charge on any atom is 0.225 e. The van der Waals surface area contributed by atoms with E-state index in [0.717, 1.165) is 12.8 Å². The third kappa shape index (κ3) is 3.39. The lowest BCUT2D eigenvalue weighted by Crippen LogP contribution is -2.54. The number of nitrogens with two attached hydrogens (primary N) is 1. The van der Waals surface area contributed by atoms with Gasteiger partial charge in [-0.2, -0.15) is 0 Å². The van der Waals surface area contributed by atoms with Crippen molar-refractivity contribution in [2.45, 2.75) is 38.6 Å². The zero-order valence-electron chi connectivity index (χ0n) is 11.6. The summed E-state index contributed by atoms with van der Waals surface area (Å²) in [6.07, 6.45) is 2.61. The Labute approximate surface area is 120 Å². The number of likely N-dealkylation sites (tertiary alicyclic amines) is 1. The second-order valence-corrected chi connectivity index (χ2v) is 5.72. The molecule has 1 aliphatic carbocycles. The van der Waals surface area contributed by atoms with Gasteiger partial charge in [-0.15, -0.1) is 12.4 Å². The summed E-state index contributed by atoms with van der Waals surface area (Å²) in [5, 5.41) is 3.07. The molecule has 3 N–H and O–H groups in total. The minimum atomic E-state index is -0.292. The van der Waals surface area contributed by atoms with Crippen LogP contribution < -0.4 is 11.1 Å². The molecule has 5 nitrogen and oxygen atoms in total. The van der Waals surface area contributed by atoms with Crippen LogP contribution >= 0.6 is 12.4 Å². The molecule has 0 aromatic carbocycles. The van der Waals surface area contributed by atoms with E-state index in [4.69, 9.17) is 5.73 Å². The number of rotatable bonds is 5. The molecule has 2 atom stereocenters. The van der Waals surface area contributed by atoms with Gasteiger partial charge in [0.1, 0.15) is 0 Å². The monoisotopic (exact) mass is 289 g/mol. The molecule has 0 bridgehead atoms. The maximum atomic E-state index is 12.2. The van der Waals surface area contributed by atoms with E-state index >= 15 is 0 Å². The van der Waals surface area contributed by atoms with Crippen molar-refractivity contribution in [3.63, 3.8) is 0 Å². The zero-order chi connectivity index (χ0) is 13.3. The number of hydrogen-bond acceptors (Lipinski definition) is 3. The van der Waals surface area contributed by atoms with E-state index in [9.17, 15) is 9.59 Å². The first-order valence-electron chi connectivity index (χ1n) is 6.80. The van der Waals surface area contributed by atoms with Crippen LogP contribution in [0.2, 0.25) is 0 Å². The molecule has 1 saturated heterocycles. The molecule has 1 aliphatic heterocycles. The first kappa shape index (κ1) is 16.2. The van der Waals surface area contributed by atoms with E-state index < -0.39 is 0 Å². The third-order valence-corrected chi connectivity index (χ3v) is 4.28. The summed E-state index contributed by atoms with van der Waals surface area (Å²) in [6.45, 7) is 5.64. The Bertz CT molecular complexity index is 360. The van der Waals surface area contributed by atoms with Gasteiger partial charge in [0.05, 0.1) is 11.5 Å². The quantitative estimate of drug-likeness (QED) is 0.775. The Morgan fingerprint density at radius 3 is 2.58 bits per heavy atom. The highest BCUT2D eigenvalue weighted by molar-refractivity contribution is 5.89. The molecule has 2 unspecified atom stereocenters. The fourth-order valence-corrected chi connectivity index (χ4v) is 2.68. The summed E-state index contributed by atoms with van der Waals surface area (Å²) in [6, 6.07) is 0. The number of nitrogens with one attached hydrogen (secondary N) is 1. The average molecular weight is 290 g/mol. The lowest BCUT2D eigenvalue weighted by molar-refractivity contribution is -0.129. The highest BCUT2D eigenvalue weighted by atomic mass is 35.5. The first-order valence-corrected chi connectivity index (χ1v) is 6.80. The highest BCUT2D eigenvalue weighted by Gasteiger charge is 2.43. The van der Waals surface area contributed by atoms with Crippen LogP contribution in [0.15, 0.2) is 0 Å². The zero-order valence-corrected chi connectivity index (χ0v) is 12.5. The van der Waals surface area contributed by atoms with Crippen molar-refractivity contribution in [3.05, 3.63) is 0 Å². The predicted molar refractivity (Wildman–Crippen MR) is 75.9 cm³/mol. The number of carbonyl (C=O) groups is 2. The van der Waals surface area contributed by atoms with Gasteiger partial charge in [-0.25, -0.2) is 0 Å². The molecule has 2 fully saturated rings. The fraction of sp³-hybridized carbons (Fsp3) is 0.846. The summed E-state index contributed by atoms with van der Waals surface area (Å²) in [7, 11) is 0. The Morgan fingerprint density at radius 2 is 2.16 bits per heavy atom.